The molecule has 2 saturated carbocycles. The Labute approximate surface area is 539 Å². The Hall–Kier alpha value is -5.19. The molecule has 2 aliphatic carbocycles. The van der Waals surface area contributed by atoms with Crippen molar-refractivity contribution < 1.29 is 58.0 Å². The number of aliphatic carboxylic acids is 2. The number of allylic oxidation sites excluding steroid dienone is 1. The fourth-order valence-electron chi connectivity index (χ4n) is 14.5. The molecule has 2 amide bonds. The highest BCUT2D eigenvalue weighted by Crippen LogP contribution is 2.53. The number of carbonyl (C=O) groups is 7. The average Bonchev–Trinajstić information content (AvgIpc) is 2.44. The lowest BCUT2D eigenvalue weighted by atomic mass is 9.59. The van der Waals surface area contributed by atoms with Crippen molar-refractivity contribution in [2.45, 2.75) is 259 Å². The lowest BCUT2D eigenvalue weighted by Gasteiger charge is -2.50. The van der Waals surface area contributed by atoms with Crippen molar-refractivity contribution in [3.05, 3.63) is 46.3 Å². The van der Waals surface area contributed by atoms with Gasteiger partial charge in [-0.25, -0.2) is 19.4 Å². The molecule has 1 aromatic rings. The van der Waals surface area contributed by atoms with Crippen LogP contribution in [0.4, 0.5) is 5.82 Å². The number of hydrogen-bond donors (Lipinski definition) is 5. The van der Waals surface area contributed by atoms with Crippen molar-refractivity contribution >= 4 is 71.2 Å². The van der Waals surface area contributed by atoms with E-state index in [0.29, 0.717) is 91.5 Å². The molecule has 2 heterocycles. The van der Waals surface area contributed by atoms with Gasteiger partial charge in [-0.05, 0) is 145 Å². The summed E-state index contributed by atoms with van der Waals surface area (Å²) in [5.74, 6) is -4.28. The number of carboxylic acid groups (broad SMARTS) is 2. The molecule has 4 rings (SSSR count). The molecular formula is C72H116N4O12S. The molecule has 5 unspecified atom stereocenters. The van der Waals surface area contributed by atoms with Crippen LogP contribution in [0.25, 0.3) is 6.08 Å². The van der Waals surface area contributed by atoms with Gasteiger partial charge in [-0.1, -0.05) is 159 Å². The lowest BCUT2D eigenvalue weighted by molar-refractivity contribution is -0.164. The molecule has 16 nitrogen and oxygen atoms in total. The Kier molecular flexibility index (Phi) is 26.5. The van der Waals surface area contributed by atoms with Crippen LogP contribution < -0.4 is 10.6 Å². The largest absolute Gasteiger partial charge is 0.481 e. The van der Waals surface area contributed by atoms with Crippen molar-refractivity contribution in [1.29, 1.82) is 0 Å². The summed E-state index contributed by atoms with van der Waals surface area (Å²) in [4.78, 5) is 106. The van der Waals surface area contributed by atoms with E-state index >= 15 is 19.2 Å². The summed E-state index contributed by atoms with van der Waals surface area (Å²) < 4.78 is 19.3. The second-order valence-corrected chi connectivity index (χ2v) is 32.6. The summed E-state index contributed by atoms with van der Waals surface area (Å²) in [7, 11) is 0. The molecule has 1 aliphatic heterocycles. The fraction of sp³-hybridized carbons (Fsp3) is 0.750. The Morgan fingerprint density at radius 2 is 1.10 bits per heavy atom. The zero-order valence-electron chi connectivity index (χ0n) is 58.7. The summed E-state index contributed by atoms with van der Waals surface area (Å²) in [6.07, 6.45) is 8.13. The van der Waals surface area contributed by atoms with E-state index in [-0.39, 0.29) is 98.4 Å². The number of carboxylic acids is 2. The van der Waals surface area contributed by atoms with Crippen LogP contribution in [0.1, 0.15) is 263 Å². The van der Waals surface area contributed by atoms with Gasteiger partial charge in [-0.3, -0.25) is 19.2 Å². The number of nitrogens with zero attached hydrogens (tertiary/aromatic N) is 1. The van der Waals surface area contributed by atoms with Crippen LogP contribution in [0.15, 0.2) is 34.5 Å². The number of ether oxygens (including phenoxy) is 3. The van der Waals surface area contributed by atoms with Crippen LogP contribution in [0.2, 0.25) is 0 Å². The van der Waals surface area contributed by atoms with Gasteiger partial charge in [0, 0.05) is 46.3 Å². The number of esters is 3. The van der Waals surface area contributed by atoms with E-state index in [0.717, 1.165) is 43.5 Å². The SMILES string of the molecule is C=CC(=O)OCCCC(CC)(CC)C(=O)Nc1[nH]c(/C=C2\N=C(NC(=O)C(CC)(CC)CCCSC(CC(=O)O)C(=O)O)C(C(=O)OC3C(C(C)(C)C)CC(C)CC3C(C)(C)C)=C2C(C)C)c(C(C)C)c1C(=O)OC1C(C(C)(C)C)CC(C)CC1C(C)(C)C. The maximum Gasteiger partial charge on any atom is 0.342 e. The number of hydrogen-bond acceptors (Lipinski definition) is 12. The molecule has 5 N–H and O–H groups in total. The molecule has 0 saturated heterocycles. The van der Waals surface area contributed by atoms with Crippen molar-refractivity contribution in [3.8, 4) is 0 Å². The number of aromatic nitrogens is 1. The number of carbonyl (C=O) groups excluding carboxylic acids is 5. The summed E-state index contributed by atoms with van der Waals surface area (Å²) in [6, 6.07) is 0. The number of nitrogens with one attached hydrogen (secondary N) is 3. The highest BCUT2D eigenvalue weighted by Gasteiger charge is 2.51. The van der Waals surface area contributed by atoms with Crippen molar-refractivity contribution in [2.75, 3.05) is 17.7 Å². The van der Waals surface area contributed by atoms with E-state index in [1.807, 2.05) is 55.4 Å². The van der Waals surface area contributed by atoms with Crippen LogP contribution in [0.5, 0.6) is 0 Å². The maximum absolute atomic E-state index is 15.8. The molecule has 89 heavy (non-hydrogen) atoms. The molecule has 5 atom stereocenters. The van der Waals surface area contributed by atoms with Crippen LogP contribution in [0.3, 0.4) is 0 Å². The smallest absolute Gasteiger partial charge is 0.342 e. The minimum absolute atomic E-state index is 0.00140. The molecular weight excluding hydrogens is 1140 g/mol. The van der Waals surface area contributed by atoms with Crippen LogP contribution in [-0.4, -0.2) is 92.5 Å². The van der Waals surface area contributed by atoms with E-state index in [4.69, 9.17) is 19.2 Å². The number of H-pyrrole nitrogens is 1. The zero-order chi connectivity index (χ0) is 67.7. The Morgan fingerprint density at radius 3 is 1.49 bits per heavy atom. The van der Waals surface area contributed by atoms with E-state index in [1.165, 1.54) is 0 Å². The molecule has 2 fully saturated rings. The van der Waals surface area contributed by atoms with E-state index in [1.54, 1.807) is 6.08 Å². The third-order valence-corrected chi connectivity index (χ3v) is 21.5. The van der Waals surface area contributed by atoms with Gasteiger partial charge in [-0.15, -0.1) is 11.8 Å². The summed E-state index contributed by atoms with van der Waals surface area (Å²) in [6.45, 7) is 50.2. The molecule has 502 valence electrons. The monoisotopic (exact) mass is 1260 g/mol. The standard InChI is InChI=1S/C72H116N4O12S/c1-24-53(79)86-33-29-31-71(25-2,26-3)65(84)75-60-56(63(82)87-58-45(67(12,13)14)35-43(10)36-46(58)68(15,16)17)54(41(6)7)49(73-60)39-50-55(42(8)9)57(64(83)88-59-47(69(18,19)20)37-44(11)38-48(59)70(21,22)23)61(74-50)76-66(85)72(27-4,28-5)32-30-34-89-51(62(80)81)40-52(77)78/h24,39,41-48,51,58-59,73H,1,25-38,40H2,2-23H3,(H,75,84)(H,77,78)(H,80,81)(H,74,76,85)/b50-39-. The molecule has 0 radical (unpaired) electrons. The van der Waals surface area contributed by atoms with Crippen LogP contribution in [-0.2, 0) is 43.0 Å². The molecule has 0 bridgehead atoms. The van der Waals surface area contributed by atoms with Gasteiger partial charge in [0.25, 0.3) is 0 Å². The maximum atomic E-state index is 15.8. The second kappa shape index (κ2) is 31.0. The predicted molar refractivity (Wildman–Crippen MR) is 358 cm³/mol. The first kappa shape index (κ1) is 76.3. The van der Waals surface area contributed by atoms with Gasteiger partial charge in [0.05, 0.1) is 18.7 Å². The first-order valence-electron chi connectivity index (χ1n) is 33.3. The van der Waals surface area contributed by atoms with Gasteiger partial charge in [0.15, 0.2) is 0 Å². The number of amides is 2. The normalized spacial score (nSPS) is 23.1. The highest BCUT2D eigenvalue weighted by atomic mass is 32.2. The molecule has 1 aromatic heterocycles. The Morgan fingerprint density at radius 1 is 0.663 bits per heavy atom. The number of rotatable bonds is 27. The molecule has 3 aliphatic rings. The quantitative estimate of drug-likeness (QED) is 0.0239. The zero-order valence-corrected chi connectivity index (χ0v) is 59.5. The number of aliphatic imine (C=N–C) groups is 1. The fourth-order valence-corrected chi connectivity index (χ4v) is 15.5. The van der Waals surface area contributed by atoms with Gasteiger partial charge in [0.2, 0.25) is 11.8 Å². The average molecular weight is 1260 g/mol. The first-order valence-corrected chi connectivity index (χ1v) is 34.3. The third-order valence-electron chi connectivity index (χ3n) is 20.2. The van der Waals surface area contributed by atoms with Gasteiger partial charge < -0.3 is 40.0 Å². The third kappa shape index (κ3) is 19.0. The molecule has 17 heteroatoms. The van der Waals surface area contributed by atoms with Crippen LogP contribution >= 0.6 is 11.8 Å². The summed E-state index contributed by atoms with van der Waals surface area (Å²) in [5, 5.41) is 24.4. The van der Waals surface area contributed by atoms with Crippen molar-refractivity contribution in [2.24, 2.45) is 78.9 Å². The number of aromatic amines is 1. The van der Waals surface area contributed by atoms with E-state index < -0.39 is 64.6 Å². The van der Waals surface area contributed by atoms with E-state index in [2.05, 4.69) is 119 Å². The Balaban J connectivity index is 2.09. The molecule has 0 aromatic carbocycles. The van der Waals surface area contributed by atoms with Crippen molar-refractivity contribution in [1.82, 2.24) is 10.3 Å². The number of thioether (sulfide) groups is 1. The minimum Gasteiger partial charge on any atom is -0.481 e. The number of anilines is 1. The second-order valence-electron chi connectivity index (χ2n) is 31.3. The highest BCUT2D eigenvalue weighted by molar-refractivity contribution is 8.00. The number of amidine groups is 1. The van der Waals surface area contributed by atoms with Crippen molar-refractivity contribution in [3.63, 3.8) is 0 Å². The van der Waals surface area contributed by atoms with Gasteiger partial charge >= 0.3 is 29.8 Å². The summed E-state index contributed by atoms with van der Waals surface area (Å²) in [5.41, 5.74) is -0.641. The van der Waals surface area contributed by atoms with E-state index in [9.17, 15) is 24.6 Å². The minimum atomic E-state index is -1.21. The topological polar surface area (TPSA) is 240 Å². The first-order chi connectivity index (χ1) is 41.1. The van der Waals surface area contributed by atoms with Gasteiger partial charge in [-0.2, -0.15) is 0 Å². The Bertz CT molecular complexity index is 2740. The van der Waals surface area contributed by atoms with Crippen LogP contribution in [0, 0.1) is 73.9 Å². The summed E-state index contributed by atoms with van der Waals surface area (Å²) >= 11 is 1.04. The molecule has 0 spiro atoms. The predicted octanol–water partition coefficient (Wildman–Crippen LogP) is 16.4. The lowest BCUT2D eigenvalue weighted by Crippen LogP contribution is -2.50. The van der Waals surface area contributed by atoms with Gasteiger partial charge in [0.1, 0.15) is 40.2 Å².